The van der Waals surface area contributed by atoms with Gasteiger partial charge in [-0.2, -0.15) is 0 Å². The van der Waals surface area contributed by atoms with Gasteiger partial charge >= 0.3 is 0 Å². The number of aromatic nitrogens is 1. The number of nitrogens with zero attached hydrogens (tertiary/aromatic N) is 2. The molecule has 0 bridgehead atoms. The van der Waals surface area contributed by atoms with Crippen molar-refractivity contribution in [1.82, 2.24) is 11.1 Å². The highest BCUT2D eigenvalue weighted by Crippen LogP contribution is 2.15. The third-order valence-corrected chi connectivity index (χ3v) is 9.08. The standard InChI is InChI=1S/C25H46N.C17H29N.2ClH.H3N/c1-4-5-6-7-8-9-10-11-12-13-14-15-16-20-23-26(2,3)24-25-21-18-17-19-22-25;1-2-3-4-5-6-7-8-9-10-11-14-17-15-12-13-16-18-17;;;/h17-19,21-22H,4-16,20,23-24H2,1-3H3;12-13,15-16H,2-11,14H2,1H3;2*1H;1H3/q+1;;;;/p-1. The highest BCUT2D eigenvalue weighted by molar-refractivity contribution is 5.85. The molecule has 1 heterocycles. The maximum absolute atomic E-state index is 4.35. The van der Waals surface area contributed by atoms with Gasteiger partial charge in [-0.25, -0.2) is 0 Å². The number of benzene rings is 1. The lowest BCUT2D eigenvalue weighted by Crippen LogP contribution is -3.00. The van der Waals surface area contributed by atoms with Crippen LogP contribution in [0.5, 0.6) is 0 Å². The van der Waals surface area contributed by atoms with E-state index in [0.29, 0.717) is 0 Å². The number of aryl methyl sites for hydroxylation is 1. The van der Waals surface area contributed by atoms with Gasteiger partial charge in [-0.3, -0.25) is 4.98 Å². The van der Waals surface area contributed by atoms with Crippen LogP contribution < -0.4 is 18.6 Å². The maximum atomic E-state index is 4.35. The molecule has 0 aliphatic carbocycles. The van der Waals surface area contributed by atoms with Gasteiger partial charge in [0.15, 0.2) is 0 Å². The second-order valence-electron chi connectivity index (χ2n) is 14.2. The van der Waals surface area contributed by atoms with Crippen molar-refractivity contribution in [2.24, 2.45) is 0 Å². The van der Waals surface area contributed by atoms with Gasteiger partial charge in [0.05, 0.1) is 20.6 Å². The number of unbranched alkanes of at least 4 members (excludes halogenated alkanes) is 22. The largest absolute Gasteiger partial charge is 1.00 e. The summed E-state index contributed by atoms with van der Waals surface area (Å²) < 4.78 is 1.11. The predicted octanol–water partition coefficient (Wildman–Crippen LogP) is 10.9. The first-order chi connectivity index (χ1) is 21.6. The molecule has 5 heteroatoms. The van der Waals surface area contributed by atoms with E-state index in [1.165, 1.54) is 172 Å². The van der Waals surface area contributed by atoms with E-state index < -0.39 is 0 Å². The highest BCUT2D eigenvalue weighted by atomic mass is 35.5. The molecule has 47 heavy (non-hydrogen) atoms. The number of rotatable bonds is 28. The third-order valence-electron chi connectivity index (χ3n) is 9.08. The average molecular weight is 697 g/mol. The van der Waals surface area contributed by atoms with Gasteiger partial charge in [0.1, 0.15) is 6.54 Å². The number of halogens is 2. The summed E-state index contributed by atoms with van der Waals surface area (Å²) in [6, 6.07) is 17.1. The van der Waals surface area contributed by atoms with Crippen LogP contribution in [-0.2, 0) is 13.0 Å². The molecule has 1 aromatic carbocycles. The SMILES string of the molecule is CCCCCCCCCCCCCCCC[N+](C)(C)Cc1ccccc1.CCCCCCCCCCCCc1ccccn1.Cl.N.[Cl-]. The summed E-state index contributed by atoms with van der Waals surface area (Å²) in [6.07, 6.45) is 37.3. The molecule has 3 nitrogen and oxygen atoms in total. The van der Waals surface area contributed by atoms with Crippen LogP contribution in [0.1, 0.15) is 179 Å². The van der Waals surface area contributed by atoms with E-state index in [-0.39, 0.29) is 31.0 Å². The van der Waals surface area contributed by atoms with Gasteiger partial charge in [-0.05, 0) is 37.8 Å². The normalized spacial score (nSPS) is 10.6. The minimum Gasteiger partial charge on any atom is -1.00 e. The van der Waals surface area contributed by atoms with E-state index in [1.54, 1.807) is 0 Å². The fourth-order valence-corrected chi connectivity index (χ4v) is 6.23. The molecular formula is C42H79Cl2N3. The van der Waals surface area contributed by atoms with E-state index in [0.717, 1.165) is 17.4 Å². The third kappa shape index (κ3) is 34.5. The topological polar surface area (TPSA) is 47.9 Å². The lowest BCUT2D eigenvalue weighted by Gasteiger charge is -2.30. The Morgan fingerprint density at radius 3 is 1.28 bits per heavy atom. The Hall–Kier alpha value is -1.13. The lowest BCUT2D eigenvalue weighted by molar-refractivity contribution is -0.903. The fraction of sp³-hybridized carbons (Fsp3) is 0.738. The van der Waals surface area contributed by atoms with Crippen LogP contribution in [0.25, 0.3) is 0 Å². The summed E-state index contributed by atoms with van der Waals surface area (Å²) in [6.45, 7) is 7.03. The summed E-state index contributed by atoms with van der Waals surface area (Å²) in [5.74, 6) is 0. The first kappa shape index (κ1) is 50.2. The van der Waals surface area contributed by atoms with Crippen molar-refractivity contribution in [2.75, 3.05) is 20.6 Å². The molecule has 3 N–H and O–H groups in total. The lowest BCUT2D eigenvalue weighted by atomic mass is 10.0. The zero-order chi connectivity index (χ0) is 31.8. The van der Waals surface area contributed by atoms with Crippen LogP contribution in [0.4, 0.5) is 0 Å². The average Bonchev–Trinajstić information content (AvgIpc) is 3.03. The van der Waals surface area contributed by atoms with Crippen LogP contribution in [-0.4, -0.2) is 30.1 Å². The van der Waals surface area contributed by atoms with Crippen molar-refractivity contribution in [3.63, 3.8) is 0 Å². The van der Waals surface area contributed by atoms with Crippen LogP contribution in [0, 0.1) is 0 Å². The molecule has 0 unspecified atom stereocenters. The van der Waals surface area contributed by atoms with Crippen LogP contribution in [0.2, 0.25) is 0 Å². The molecule has 0 amide bonds. The van der Waals surface area contributed by atoms with Gasteiger partial charge in [0.25, 0.3) is 0 Å². The zero-order valence-corrected chi connectivity index (χ0v) is 33.2. The summed E-state index contributed by atoms with van der Waals surface area (Å²) >= 11 is 0. The van der Waals surface area contributed by atoms with E-state index >= 15 is 0 Å². The number of pyridine rings is 1. The molecule has 0 atom stereocenters. The molecule has 0 spiro atoms. The van der Waals surface area contributed by atoms with Gasteiger partial charge in [-0.1, -0.05) is 185 Å². The van der Waals surface area contributed by atoms with Gasteiger partial charge < -0.3 is 23.0 Å². The molecule has 2 aromatic rings. The fourth-order valence-electron chi connectivity index (χ4n) is 6.23. The second kappa shape index (κ2) is 37.7. The van der Waals surface area contributed by atoms with Crippen LogP contribution in [0.3, 0.4) is 0 Å². The van der Waals surface area contributed by atoms with Crippen molar-refractivity contribution in [3.05, 3.63) is 66.0 Å². The van der Waals surface area contributed by atoms with Crippen molar-refractivity contribution < 1.29 is 16.9 Å². The Bertz CT molecular complexity index is 832. The van der Waals surface area contributed by atoms with Crippen molar-refractivity contribution in [1.29, 1.82) is 0 Å². The monoisotopic (exact) mass is 696 g/mol. The van der Waals surface area contributed by atoms with Gasteiger partial charge in [0.2, 0.25) is 0 Å². The van der Waals surface area contributed by atoms with Crippen LogP contribution in [0.15, 0.2) is 54.7 Å². The quantitative estimate of drug-likeness (QED) is 0.0711. The first-order valence-electron chi connectivity index (χ1n) is 19.3. The molecular weight excluding hydrogens is 617 g/mol. The molecule has 0 aliphatic rings. The Kier molecular flexibility index (Phi) is 40.3. The predicted molar refractivity (Wildman–Crippen MR) is 209 cm³/mol. The Labute approximate surface area is 306 Å². The molecule has 0 radical (unpaired) electrons. The van der Waals surface area contributed by atoms with E-state index in [4.69, 9.17) is 0 Å². The van der Waals surface area contributed by atoms with Crippen molar-refractivity contribution >= 4 is 12.4 Å². The van der Waals surface area contributed by atoms with Crippen LogP contribution >= 0.6 is 12.4 Å². The molecule has 0 saturated carbocycles. The molecule has 0 aliphatic heterocycles. The molecule has 0 saturated heterocycles. The summed E-state index contributed by atoms with van der Waals surface area (Å²) in [5, 5.41) is 0. The summed E-state index contributed by atoms with van der Waals surface area (Å²) in [5.41, 5.74) is 2.71. The minimum absolute atomic E-state index is 0. The zero-order valence-electron chi connectivity index (χ0n) is 31.7. The first-order valence-corrected chi connectivity index (χ1v) is 19.3. The number of hydrogen-bond acceptors (Lipinski definition) is 2. The van der Waals surface area contributed by atoms with Gasteiger partial charge in [-0.15, -0.1) is 12.4 Å². The van der Waals surface area contributed by atoms with Gasteiger partial charge in [0, 0.05) is 17.5 Å². The minimum atomic E-state index is 0. The Balaban J connectivity index is -0.000000818. The van der Waals surface area contributed by atoms with E-state index in [1.807, 2.05) is 12.3 Å². The van der Waals surface area contributed by atoms with Crippen molar-refractivity contribution in [3.8, 4) is 0 Å². The van der Waals surface area contributed by atoms with Crippen molar-refractivity contribution in [2.45, 2.75) is 181 Å². The molecule has 1 aromatic heterocycles. The molecule has 276 valence electrons. The Morgan fingerprint density at radius 2 is 0.872 bits per heavy atom. The molecule has 0 fully saturated rings. The molecule has 2 rings (SSSR count). The smallest absolute Gasteiger partial charge is 0.104 e. The summed E-state index contributed by atoms with van der Waals surface area (Å²) in [7, 11) is 4.74. The summed E-state index contributed by atoms with van der Waals surface area (Å²) in [4.78, 5) is 4.35. The maximum Gasteiger partial charge on any atom is 0.104 e. The number of quaternary nitrogens is 1. The Morgan fingerprint density at radius 1 is 0.489 bits per heavy atom. The van der Waals surface area contributed by atoms with E-state index in [2.05, 4.69) is 75.4 Å². The number of hydrogen-bond donors (Lipinski definition) is 1. The highest BCUT2D eigenvalue weighted by Gasteiger charge is 2.14. The second-order valence-corrected chi connectivity index (χ2v) is 14.2. The van der Waals surface area contributed by atoms with E-state index in [9.17, 15) is 0 Å².